The van der Waals surface area contributed by atoms with Crippen molar-refractivity contribution < 1.29 is 9.18 Å². The van der Waals surface area contributed by atoms with E-state index in [-0.39, 0.29) is 11.7 Å². The number of carbonyl (C=O) groups excluding carboxylic acids is 1. The van der Waals surface area contributed by atoms with Gasteiger partial charge in [0.05, 0.1) is 11.3 Å². The van der Waals surface area contributed by atoms with Crippen molar-refractivity contribution in [1.29, 1.82) is 0 Å². The third kappa shape index (κ3) is 5.34. The summed E-state index contributed by atoms with van der Waals surface area (Å²) < 4.78 is 13.0. The van der Waals surface area contributed by atoms with Gasteiger partial charge in [-0.3, -0.25) is 14.8 Å². The lowest BCUT2D eigenvalue weighted by atomic mass is 10.1. The van der Waals surface area contributed by atoms with Gasteiger partial charge >= 0.3 is 0 Å². The highest BCUT2D eigenvalue weighted by Crippen LogP contribution is 2.13. The standard InChI is InChI=1S/C21H21FN4O/c1-26(11-8-16-6-9-23-10-7-16)21(27)18-12-20(15-24-14-18)25-13-17-2-4-19(22)5-3-17/h2-7,9-10,12,14-15,25H,8,11,13H2,1H3. The molecular formula is C21H21FN4O. The fourth-order valence-electron chi connectivity index (χ4n) is 2.63. The first-order valence-corrected chi connectivity index (χ1v) is 8.69. The first-order chi connectivity index (χ1) is 13.1. The zero-order chi connectivity index (χ0) is 19.1. The number of hydrogen-bond donors (Lipinski definition) is 1. The molecule has 2 aromatic heterocycles. The number of likely N-dealkylation sites (N-methyl/N-ethyl adjacent to an activating group) is 1. The van der Waals surface area contributed by atoms with E-state index in [0.717, 1.165) is 23.2 Å². The van der Waals surface area contributed by atoms with Crippen molar-refractivity contribution in [3.63, 3.8) is 0 Å². The molecule has 0 aliphatic heterocycles. The average Bonchev–Trinajstić information content (AvgIpc) is 2.72. The first kappa shape index (κ1) is 18.5. The molecule has 1 N–H and O–H groups in total. The van der Waals surface area contributed by atoms with Crippen molar-refractivity contribution in [3.8, 4) is 0 Å². The quantitative estimate of drug-likeness (QED) is 0.697. The molecule has 3 rings (SSSR count). The van der Waals surface area contributed by atoms with E-state index in [1.54, 1.807) is 54.9 Å². The molecule has 0 radical (unpaired) electrons. The number of halogens is 1. The highest BCUT2D eigenvalue weighted by atomic mass is 19.1. The largest absolute Gasteiger partial charge is 0.380 e. The number of rotatable bonds is 7. The highest BCUT2D eigenvalue weighted by Gasteiger charge is 2.12. The molecule has 2 heterocycles. The second kappa shape index (κ2) is 8.89. The number of hydrogen-bond acceptors (Lipinski definition) is 4. The molecule has 27 heavy (non-hydrogen) atoms. The lowest BCUT2D eigenvalue weighted by molar-refractivity contribution is 0.0796. The summed E-state index contributed by atoms with van der Waals surface area (Å²) in [6.07, 6.45) is 7.49. The van der Waals surface area contributed by atoms with E-state index in [9.17, 15) is 9.18 Å². The number of nitrogens with zero attached hydrogens (tertiary/aromatic N) is 3. The van der Waals surface area contributed by atoms with Gasteiger partial charge in [0.25, 0.3) is 5.91 Å². The predicted octanol–water partition coefficient (Wildman–Crippen LogP) is 3.54. The summed E-state index contributed by atoms with van der Waals surface area (Å²) in [5.41, 5.74) is 3.35. The third-order valence-electron chi connectivity index (χ3n) is 4.23. The van der Waals surface area contributed by atoms with Gasteiger partial charge in [-0.2, -0.15) is 0 Å². The van der Waals surface area contributed by atoms with E-state index < -0.39 is 0 Å². The van der Waals surface area contributed by atoms with E-state index >= 15 is 0 Å². The van der Waals surface area contributed by atoms with Crippen LogP contribution in [0.2, 0.25) is 0 Å². The minimum atomic E-state index is -0.261. The Bertz CT molecular complexity index is 884. The molecule has 0 aliphatic carbocycles. The van der Waals surface area contributed by atoms with Gasteiger partial charge in [0.1, 0.15) is 5.82 Å². The van der Waals surface area contributed by atoms with Gasteiger partial charge < -0.3 is 10.2 Å². The summed E-state index contributed by atoms with van der Waals surface area (Å²) in [4.78, 5) is 22.5. The van der Waals surface area contributed by atoms with Crippen LogP contribution in [0.25, 0.3) is 0 Å². The maximum atomic E-state index is 13.0. The Morgan fingerprint density at radius 3 is 2.52 bits per heavy atom. The molecule has 6 heteroatoms. The van der Waals surface area contributed by atoms with Crippen LogP contribution in [0.4, 0.5) is 10.1 Å². The summed E-state index contributed by atoms with van der Waals surface area (Å²) in [6.45, 7) is 1.13. The summed E-state index contributed by atoms with van der Waals surface area (Å²) >= 11 is 0. The van der Waals surface area contributed by atoms with E-state index in [1.165, 1.54) is 12.1 Å². The topological polar surface area (TPSA) is 58.1 Å². The van der Waals surface area contributed by atoms with Crippen LogP contribution in [-0.2, 0) is 13.0 Å². The number of amides is 1. The molecule has 0 fully saturated rings. The Kier molecular flexibility index (Phi) is 6.10. The molecule has 0 unspecified atom stereocenters. The lowest BCUT2D eigenvalue weighted by Crippen LogP contribution is -2.29. The van der Waals surface area contributed by atoms with Crippen LogP contribution in [0.3, 0.4) is 0 Å². The number of aromatic nitrogens is 2. The van der Waals surface area contributed by atoms with Crippen LogP contribution < -0.4 is 5.32 Å². The average molecular weight is 364 g/mol. The Balaban J connectivity index is 1.58. The second-order valence-electron chi connectivity index (χ2n) is 6.27. The molecule has 138 valence electrons. The molecule has 1 aromatic carbocycles. The number of pyridine rings is 2. The van der Waals surface area contributed by atoms with Gasteiger partial charge in [-0.15, -0.1) is 0 Å². The van der Waals surface area contributed by atoms with Crippen LogP contribution in [0, 0.1) is 5.82 Å². The van der Waals surface area contributed by atoms with Gasteiger partial charge in [0.15, 0.2) is 0 Å². The van der Waals surface area contributed by atoms with Crippen molar-refractivity contribution in [2.45, 2.75) is 13.0 Å². The van der Waals surface area contributed by atoms with Crippen molar-refractivity contribution in [1.82, 2.24) is 14.9 Å². The van der Waals surface area contributed by atoms with Gasteiger partial charge in [0.2, 0.25) is 0 Å². The zero-order valence-corrected chi connectivity index (χ0v) is 15.1. The van der Waals surface area contributed by atoms with Crippen molar-refractivity contribution in [3.05, 3.63) is 89.8 Å². The fourth-order valence-corrected chi connectivity index (χ4v) is 2.63. The molecule has 0 spiro atoms. The van der Waals surface area contributed by atoms with Crippen molar-refractivity contribution in [2.24, 2.45) is 0 Å². The van der Waals surface area contributed by atoms with Gasteiger partial charge in [-0.1, -0.05) is 12.1 Å². The van der Waals surface area contributed by atoms with Gasteiger partial charge in [0, 0.05) is 44.9 Å². The number of anilines is 1. The lowest BCUT2D eigenvalue weighted by Gasteiger charge is -2.17. The summed E-state index contributed by atoms with van der Waals surface area (Å²) in [7, 11) is 1.78. The molecule has 1 amide bonds. The molecule has 5 nitrogen and oxygen atoms in total. The molecule has 0 bridgehead atoms. The van der Waals surface area contributed by atoms with Gasteiger partial charge in [-0.25, -0.2) is 4.39 Å². The van der Waals surface area contributed by atoms with Crippen LogP contribution in [0.5, 0.6) is 0 Å². The Hall–Kier alpha value is -3.28. The zero-order valence-electron chi connectivity index (χ0n) is 15.1. The summed E-state index contributed by atoms with van der Waals surface area (Å²) in [5, 5.41) is 3.21. The van der Waals surface area contributed by atoms with Crippen LogP contribution in [0.1, 0.15) is 21.5 Å². The molecule has 0 saturated heterocycles. The van der Waals surface area contributed by atoms with Crippen molar-refractivity contribution >= 4 is 11.6 Å². The molecule has 0 atom stereocenters. The Labute approximate surface area is 157 Å². The molecular weight excluding hydrogens is 343 g/mol. The first-order valence-electron chi connectivity index (χ1n) is 8.69. The van der Waals surface area contributed by atoms with Crippen LogP contribution >= 0.6 is 0 Å². The van der Waals surface area contributed by atoms with Gasteiger partial charge in [-0.05, 0) is 47.9 Å². The number of benzene rings is 1. The minimum absolute atomic E-state index is 0.0815. The summed E-state index contributed by atoms with van der Waals surface area (Å²) in [5.74, 6) is -0.343. The molecule has 0 saturated carbocycles. The van der Waals surface area contributed by atoms with E-state index in [1.807, 2.05) is 12.1 Å². The maximum absolute atomic E-state index is 13.0. The van der Waals surface area contributed by atoms with Crippen LogP contribution in [-0.4, -0.2) is 34.4 Å². The van der Waals surface area contributed by atoms with Crippen molar-refractivity contribution in [2.75, 3.05) is 18.9 Å². The smallest absolute Gasteiger partial charge is 0.255 e. The summed E-state index contributed by atoms with van der Waals surface area (Å²) in [6, 6.07) is 12.0. The monoisotopic (exact) mass is 364 g/mol. The SMILES string of the molecule is CN(CCc1ccncc1)C(=O)c1cncc(NCc2ccc(F)cc2)c1. The number of nitrogens with one attached hydrogen (secondary N) is 1. The normalized spacial score (nSPS) is 10.4. The number of carbonyl (C=O) groups is 1. The van der Waals surface area contributed by atoms with E-state index in [4.69, 9.17) is 0 Å². The second-order valence-corrected chi connectivity index (χ2v) is 6.27. The molecule has 3 aromatic rings. The Morgan fingerprint density at radius 2 is 1.78 bits per heavy atom. The van der Waals surface area contributed by atoms with Crippen LogP contribution in [0.15, 0.2) is 67.3 Å². The maximum Gasteiger partial charge on any atom is 0.255 e. The highest BCUT2D eigenvalue weighted by molar-refractivity contribution is 5.94. The predicted molar refractivity (Wildman–Crippen MR) is 103 cm³/mol. The van der Waals surface area contributed by atoms with E-state index in [0.29, 0.717) is 18.7 Å². The fraction of sp³-hybridized carbons (Fsp3) is 0.190. The Morgan fingerprint density at radius 1 is 1.04 bits per heavy atom. The third-order valence-corrected chi connectivity index (χ3v) is 4.23. The van der Waals surface area contributed by atoms with E-state index in [2.05, 4.69) is 15.3 Å². The minimum Gasteiger partial charge on any atom is -0.380 e. The molecule has 0 aliphatic rings.